The van der Waals surface area contributed by atoms with Crippen LogP contribution < -0.4 is 5.73 Å². The number of nitrogens with two attached hydrogens (primary N) is 1. The van der Waals surface area contributed by atoms with E-state index in [2.05, 4.69) is 0 Å². The van der Waals surface area contributed by atoms with Gasteiger partial charge in [-0.2, -0.15) is 0 Å². The fourth-order valence-corrected chi connectivity index (χ4v) is 3.19. The number of rotatable bonds is 3. The van der Waals surface area contributed by atoms with Gasteiger partial charge >= 0.3 is 0 Å². The Morgan fingerprint density at radius 3 is 2.82 bits per heavy atom. The first-order chi connectivity index (χ1) is 8.24. The standard InChI is InChI=1S/C13H24N2O2/c1-15(12-6-2-4-10(12)8-14)13(16)11-5-3-7-17-9-11/h10-12H,2-9,14H2,1H3. The van der Waals surface area contributed by atoms with Crippen molar-refractivity contribution in [2.45, 2.75) is 38.1 Å². The second kappa shape index (κ2) is 5.83. The van der Waals surface area contributed by atoms with Gasteiger partial charge < -0.3 is 15.4 Å². The summed E-state index contributed by atoms with van der Waals surface area (Å²) in [5, 5.41) is 0. The van der Waals surface area contributed by atoms with Crippen LogP contribution >= 0.6 is 0 Å². The molecule has 1 heterocycles. The van der Waals surface area contributed by atoms with Gasteiger partial charge in [0.2, 0.25) is 5.91 Å². The Kier molecular flexibility index (Phi) is 4.40. The van der Waals surface area contributed by atoms with E-state index in [0.717, 1.165) is 25.9 Å². The molecule has 1 aliphatic carbocycles. The van der Waals surface area contributed by atoms with Crippen LogP contribution in [-0.4, -0.2) is 43.7 Å². The zero-order chi connectivity index (χ0) is 12.3. The summed E-state index contributed by atoms with van der Waals surface area (Å²) in [6, 6.07) is 0.356. The molecule has 17 heavy (non-hydrogen) atoms. The summed E-state index contributed by atoms with van der Waals surface area (Å²) in [5.74, 6) is 0.830. The maximum atomic E-state index is 12.4. The average molecular weight is 240 g/mol. The highest BCUT2D eigenvalue weighted by Gasteiger charge is 2.34. The minimum atomic E-state index is 0.0766. The molecule has 0 spiro atoms. The molecule has 0 aromatic heterocycles. The number of nitrogens with zero attached hydrogens (tertiary/aromatic N) is 1. The van der Waals surface area contributed by atoms with Gasteiger partial charge in [-0.05, 0) is 38.1 Å². The van der Waals surface area contributed by atoms with Gasteiger partial charge in [0.15, 0.2) is 0 Å². The number of amides is 1. The molecule has 4 heteroatoms. The van der Waals surface area contributed by atoms with Gasteiger partial charge in [0.05, 0.1) is 12.5 Å². The van der Waals surface area contributed by atoms with E-state index >= 15 is 0 Å². The molecule has 0 bridgehead atoms. The summed E-state index contributed by atoms with van der Waals surface area (Å²) < 4.78 is 5.40. The molecule has 4 nitrogen and oxygen atoms in total. The molecule has 0 aromatic carbocycles. The van der Waals surface area contributed by atoms with Crippen LogP contribution in [0.3, 0.4) is 0 Å². The van der Waals surface area contributed by atoms with Gasteiger partial charge in [0, 0.05) is 19.7 Å². The van der Waals surface area contributed by atoms with Crippen molar-refractivity contribution in [3.63, 3.8) is 0 Å². The molecule has 1 saturated heterocycles. The third-order valence-corrected chi connectivity index (χ3v) is 4.28. The predicted octanol–water partition coefficient (Wildman–Crippen LogP) is 0.999. The van der Waals surface area contributed by atoms with Crippen molar-refractivity contribution in [3.8, 4) is 0 Å². The fourth-order valence-electron chi connectivity index (χ4n) is 3.19. The Morgan fingerprint density at radius 2 is 2.18 bits per heavy atom. The third kappa shape index (κ3) is 2.80. The lowest BCUT2D eigenvalue weighted by atomic mass is 9.97. The van der Waals surface area contributed by atoms with Crippen LogP contribution in [0.1, 0.15) is 32.1 Å². The lowest BCUT2D eigenvalue weighted by molar-refractivity contribution is -0.141. The zero-order valence-corrected chi connectivity index (χ0v) is 10.7. The van der Waals surface area contributed by atoms with Gasteiger partial charge in [-0.15, -0.1) is 0 Å². The maximum Gasteiger partial charge on any atom is 0.228 e. The van der Waals surface area contributed by atoms with E-state index in [-0.39, 0.29) is 11.8 Å². The van der Waals surface area contributed by atoms with Crippen LogP contribution in [-0.2, 0) is 9.53 Å². The summed E-state index contributed by atoms with van der Waals surface area (Å²) in [6.07, 6.45) is 5.46. The SMILES string of the molecule is CN(C(=O)C1CCCOC1)C1CCCC1CN. The van der Waals surface area contributed by atoms with Crippen LogP contribution in [0.5, 0.6) is 0 Å². The van der Waals surface area contributed by atoms with Crippen LogP contribution in [0.25, 0.3) is 0 Å². The normalized spacial score (nSPS) is 33.6. The first-order valence-corrected chi connectivity index (χ1v) is 6.78. The second-order valence-electron chi connectivity index (χ2n) is 5.36. The highest BCUT2D eigenvalue weighted by molar-refractivity contribution is 5.79. The highest BCUT2D eigenvalue weighted by atomic mass is 16.5. The number of carbonyl (C=O) groups excluding carboxylic acids is 1. The largest absolute Gasteiger partial charge is 0.381 e. The molecule has 2 N–H and O–H groups in total. The Hall–Kier alpha value is -0.610. The topological polar surface area (TPSA) is 55.6 Å². The summed E-state index contributed by atoms with van der Waals surface area (Å²) in [4.78, 5) is 14.3. The van der Waals surface area contributed by atoms with Gasteiger partial charge in [-0.1, -0.05) is 6.42 Å². The van der Waals surface area contributed by atoms with Crippen LogP contribution in [0.15, 0.2) is 0 Å². The number of hydrogen-bond acceptors (Lipinski definition) is 3. The summed E-state index contributed by atoms with van der Waals surface area (Å²) in [6.45, 7) is 2.11. The lowest BCUT2D eigenvalue weighted by Gasteiger charge is -2.33. The molecule has 1 amide bonds. The monoisotopic (exact) mass is 240 g/mol. The van der Waals surface area contributed by atoms with E-state index in [4.69, 9.17) is 10.5 Å². The molecule has 3 unspecified atom stereocenters. The minimum Gasteiger partial charge on any atom is -0.381 e. The maximum absolute atomic E-state index is 12.4. The predicted molar refractivity (Wildman–Crippen MR) is 66.5 cm³/mol. The van der Waals surface area contributed by atoms with E-state index in [0.29, 0.717) is 25.1 Å². The summed E-state index contributed by atoms with van der Waals surface area (Å²) in [7, 11) is 1.94. The number of carbonyl (C=O) groups is 1. The first-order valence-electron chi connectivity index (χ1n) is 6.78. The minimum absolute atomic E-state index is 0.0766. The molecule has 0 radical (unpaired) electrons. The average Bonchev–Trinajstić information content (AvgIpc) is 2.86. The molecular formula is C13H24N2O2. The van der Waals surface area contributed by atoms with Crippen molar-refractivity contribution in [1.82, 2.24) is 4.90 Å². The van der Waals surface area contributed by atoms with Gasteiger partial charge in [0.1, 0.15) is 0 Å². The summed E-state index contributed by atoms with van der Waals surface area (Å²) in [5.41, 5.74) is 5.78. The van der Waals surface area contributed by atoms with E-state index in [1.54, 1.807) is 0 Å². The molecule has 3 atom stereocenters. The van der Waals surface area contributed by atoms with Crippen molar-refractivity contribution < 1.29 is 9.53 Å². The molecule has 2 fully saturated rings. The molecule has 98 valence electrons. The van der Waals surface area contributed by atoms with Crippen LogP contribution in [0.4, 0.5) is 0 Å². The van der Waals surface area contributed by atoms with Gasteiger partial charge in [-0.3, -0.25) is 4.79 Å². The molecule has 1 aliphatic heterocycles. The lowest BCUT2D eigenvalue weighted by Crippen LogP contribution is -2.45. The van der Waals surface area contributed by atoms with Crippen molar-refractivity contribution in [2.24, 2.45) is 17.6 Å². The Labute approximate surface area is 103 Å². The van der Waals surface area contributed by atoms with E-state index in [1.165, 1.54) is 12.8 Å². The molecule has 2 aliphatic rings. The second-order valence-corrected chi connectivity index (χ2v) is 5.36. The first kappa shape index (κ1) is 12.8. The zero-order valence-electron chi connectivity index (χ0n) is 10.7. The van der Waals surface area contributed by atoms with Crippen molar-refractivity contribution in [3.05, 3.63) is 0 Å². The van der Waals surface area contributed by atoms with Crippen molar-refractivity contribution >= 4 is 5.91 Å². The van der Waals surface area contributed by atoms with E-state index < -0.39 is 0 Å². The van der Waals surface area contributed by atoms with Gasteiger partial charge in [-0.25, -0.2) is 0 Å². The number of hydrogen-bond donors (Lipinski definition) is 1. The third-order valence-electron chi connectivity index (χ3n) is 4.28. The Balaban J connectivity index is 1.93. The van der Waals surface area contributed by atoms with Crippen molar-refractivity contribution in [1.29, 1.82) is 0 Å². The van der Waals surface area contributed by atoms with Gasteiger partial charge in [0.25, 0.3) is 0 Å². The van der Waals surface area contributed by atoms with Crippen LogP contribution in [0.2, 0.25) is 0 Å². The Bertz CT molecular complexity index is 264. The molecular weight excluding hydrogens is 216 g/mol. The molecule has 2 rings (SSSR count). The fraction of sp³-hybridized carbons (Fsp3) is 0.923. The molecule has 1 saturated carbocycles. The van der Waals surface area contributed by atoms with E-state index in [9.17, 15) is 4.79 Å². The molecule has 0 aromatic rings. The van der Waals surface area contributed by atoms with Crippen LogP contribution in [0, 0.1) is 11.8 Å². The highest BCUT2D eigenvalue weighted by Crippen LogP contribution is 2.30. The smallest absolute Gasteiger partial charge is 0.228 e. The quantitative estimate of drug-likeness (QED) is 0.800. The summed E-state index contributed by atoms with van der Waals surface area (Å²) >= 11 is 0. The number of ether oxygens (including phenoxy) is 1. The Morgan fingerprint density at radius 1 is 1.35 bits per heavy atom. The van der Waals surface area contributed by atoms with Crippen molar-refractivity contribution in [2.75, 3.05) is 26.8 Å². The van der Waals surface area contributed by atoms with E-state index in [1.807, 2.05) is 11.9 Å².